The molecule has 0 aliphatic rings. The van der Waals surface area contributed by atoms with Crippen LogP contribution in [0.5, 0.6) is 0 Å². The van der Waals surface area contributed by atoms with Crippen molar-refractivity contribution in [3.05, 3.63) is 35.2 Å². The van der Waals surface area contributed by atoms with Gasteiger partial charge in [0.05, 0.1) is 7.11 Å². The summed E-state index contributed by atoms with van der Waals surface area (Å²) in [5, 5.41) is 5.88. The van der Waals surface area contributed by atoms with Crippen LogP contribution in [0.3, 0.4) is 0 Å². The van der Waals surface area contributed by atoms with Crippen molar-refractivity contribution in [1.82, 2.24) is 5.32 Å². The van der Waals surface area contributed by atoms with E-state index in [9.17, 15) is 9.59 Å². The Hall–Kier alpha value is -2.08. The molecule has 24 heavy (non-hydrogen) atoms. The Balaban J connectivity index is 2.04. The average molecular weight is 349 g/mol. The van der Waals surface area contributed by atoms with E-state index in [4.69, 9.17) is 9.47 Å². The lowest BCUT2D eigenvalue weighted by Gasteiger charge is -2.22. The molecule has 0 saturated carbocycles. The Morgan fingerprint density at radius 1 is 1.25 bits per heavy atom. The predicted molar refractivity (Wildman–Crippen MR) is 95.3 cm³/mol. The summed E-state index contributed by atoms with van der Waals surface area (Å²) in [4.78, 5) is 23.9. The van der Waals surface area contributed by atoms with Crippen LogP contribution >= 0.6 is 11.3 Å². The molecule has 2 aromatic rings. The molecule has 130 valence electrons. The number of carbonyl (C=O) groups excluding carboxylic acids is 2. The number of ether oxygens (including phenoxy) is 2. The first kappa shape index (κ1) is 18.3. The number of hydrogen-bond donors (Lipinski definition) is 1. The summed E-state index contributed by atoms with van der Waals surface area (Å²) in [7, 11) is 1.31. The number of aryl methyl sites for hydroxylation is 1. The van der Waals surface area contributed by atoms with Crippen LogP contribution in [0.1, 0.15) is 32.8 Å². The maximum absolute atomic E-state index is 11.9. The number of rotatable bonds is 5. The summed E-state index contributed by atoms with van der Waals surface area (Å²) in [6.45, 7) is 5.33. The van der Waals surface area contributed by atoms with Crippen LogP contribution in [0.25, 0.3) is 10.1 Å². The highest BCUT2D eigenvalue weighted by Crippen LogP contribution is 2.26. The van der Waals surface area contributed by atoms with Crippen LogP contribution in [0.4, 0.5) is 4.79 Å². The zero-order valence-corrected chi connectivity index (χ0v) is 15.2. The van der Waals surface area contributed by atoms with Crippen molar-refractivity contribution in [2.45, 2.75) is 45.3 Å². The number of esters is 1. The Labute approximate surface area is 146 Å². The largest absolute Gasteiger partial charge is 0.467 e. The third kappa shape index (κ3) is 4.96. The van der Waals surface area contributed by atoms with Gasteiger partial charge in [-0.3, -0.25) is 0 Å². The Bertz CT molecular complexity index is 717. The molecule has 0 radical (unpaired) electrons. The van der Waals surface area contributed by atoms with E-state index in [-0.39, 0.29) is 0 Å². The zero-order valence-electron chi connectivity index (χ0n) is 14.4. The molecule has 1 amide bonds. The van der Waals surface area contributed by atoms with Gasteiger partial charge in [-0.15, -0.1) is 11.3 Å². The van der Waals surface area contributed by atoms with Crippen molar-refractivity contribution >= 4 is 33.5 Å². The molecule has 1 atom stereocenters. The van der Waals surface area contributed by atoms with Crippen molar-refractivity contribution in [1.29, 1.82) is 0 Å². The van der Waals surface area contributed by atoms with Crippen molar-refractivity contribution in [2.75, 3.05) is 7.11 Å². The fourth-order valence-electron chi connectivity index (χ4n) is 2.37. The third-order valence-electron chi connectivity index (χ3n) is 3.44. The first-order valence-electron chi connectivity index (χ1n) is 7.82. The van der Waals surface area contributed by atoms with Crippen molar-refractivity contribution in [3.8, 4) is 0 Å². The Kier molecular flexibility index (Phi) is 5.83. The van der Waals surface area contributed by atoms with Gasteiger partial charge in [0.1, 0.15) is 11.6 Å². The van der Waals surface area contributed by atoms with E-state index >= 15 is 0 Å². The smallest absolute Gasteiger partial charge is 0.408 e. The summed E-state index contributed by atoms with van der Waals surface area (Å²) >= 11 is 1.67. The van der Waals surface area contributed by atoms with Gasteiger partial charge in [-0.25, -0.2) is 9.59 Å². The quantitative estimate of drug-likeness (QED) is 0.832. The van der Waals surface area contributed by atoms with Crippen LogP contribution in [-0.4, -0.2) is 30.8 Å². The number of thiophene rings is 1. The maximum Gasteiger partial charge on any atom is 0.408 e. The SMILES string of the molecule is COC(=O)[C@@H](CCc1csc2ccccc12)NC(=O)OC(C)(C)C. The second-order valence-electron chi connectivity index (χ2n) is 6.52. The summed E-state index contributed by atoms with van der Waals surface area (Å²) in [6.07, 6.45) is 0.500. The molecule has 1 aromatic carbocycles. The highest BCUT2D eigenvalue weighted by molar-refractivity contribution is 7.17. The number of nitrogens with one attached hydrogen (secondary N) is 1. The minimum Gasteiger partial charge on any atom is -0.467 e. The number of alkyl carbamates (subject to hydrolysis) is 1. The normalized spacial score (nSPS) is 12.7. The van der Waals surface area contributed by atoms with Gasteiger partial charge in [0.2, 0.25) is 0 Å². The zero-order chi connectivity index (χ0) is 17.7. The lowest BCUT2D eigenvalue weighted by atomic mass is 10.0. The average Bonchev–Trinajstić information content (AvgIpc) is 2.92. The maximum atomic E-state index is 11.9. The lowest BCUT2D eigenvalue weighted by molar-refractivity contribution is -0.143. The topological polar surface area (TPSA) is 64.6 Å². The highest BCUT2D eigenvalue weighted by atomic mass is 32.1. The first-order valence-corrected chi connectivity index (χ1v) is 8.70. The first-order chi connectivity index (χ1) is 11.3. The molecule has 0 aliphatic carbocycles. The number of amides is 1. The van der Waals surface area contributed by atoms with E-state index < -0.39 is 23.7 Å². The predicted octanol–water partition coefficient (Wildman–Crippen LogP) is 3.90. The minimum atomic E-state index is -0.733. The molecule has 5 nitrogen and oxygen atoms in total. The van der Waals surface area contributed by atoms with Gasteiger partial charge >= 0.3 is 12.1 Å². The Morgan fingerprint density at radius 2 is 1.96 bits per heavy atom. The molecule has 0 unspecified atom stereocenters. The van der Waals surface area contributed by atoms with Crippen molar-refractivity contribution < 1.29 is 19.1 Å². The molecular weight excluding hydrogens is 326 g/mol. The van der Waals surface area contributed by atoms with Gasteiger partial charge < -0.3 is 14.8 Å². The lowest BCUT2D eigenvalue weighted by Crippen LogP contribution is -2.44. The van der Waals surface area contributed by atoms with Crippen LogP contribution in [0.2, 0.25) is 0 Å². The molecule has 0 fully saturated rings. The van der Waals surface area contributed by atoms with Crippen molar-refractivity contribution in [3.63, 3.8) is 0 Å². The summed E-state index contributed by atoms with van der Waals surface area (Å²) in [6, 6.07) is 7.40. The summed E-state index contributed by atoms with van der Waals surface area (Å²) < 4.78 is 11.2. The molecule has 1 heterocycles. The number of methoxy groups -OCH3 is 1. The number of benzene rings is 1. The van der Waals surface area contributed by atoms with Gasteiger partial charge in [-0.2, -0.15) is 0 Å². The second kappa shape index (κ2) is 7.66. The molecule has 0 saturated heterocycles. The minimum absolute atomic E-state index is 0.451. The fourth-order valence-corrected chi connectivity index (χ4v) is 3.36. The number of hydrogen-bond acceptors (Lipinski definition) is 5. The molecular formula is C18H23NO4S. The van der Waals surface area contributed by atoms with Crippen LogP contribution in [0.15, 0.2) is 29.6 Å². The van der Waals surface area contributed by atoms with Gasteiger partial charge in [0.15, 0.2) is 0 Å². The van der Waals surface area contributed by atoms with E-state index in [1.807, 2.05) is 12.1 Å². The van der Waals surface area contributed by atoms with Gasteiger partial charge in [0, 0.05) is 4.70 Å². The highest BCUT2D eigenvalue weighted by Gasteiger charge is 2.25. The standard InChI is InChI=1S/C18H23NO4S/c1-18(2,3)23-17(21)19-14(16(20)22-4)10-9-12-11-24-15-8-6-5-7-13(12)15/h5-8,11,14H,9-10H2,1-4H3,(H,19,21)/t14-/m1/s1. The van der Waals surface area contributed by atoms with Crippen LogP contribution < -0.4 is 5.32 Å². The molecule has 0 aliphatic heterocycles. The summed E-state index contributed by atoms with van der Waals surface area (Å²) in [5.74, 6) is -0.472. The van der Waals surface area contributed by atoms with E-state index in [2.05, 4.69) is 22.8 Å². The van der Waals surface area contributed by atoms with Gasteiger partial charge in [-0.1, -0.05) is 18.2 Å². The van der Waals surface area contributed by atoms with Crippen LogP contribution in [-0.2, 0) is 20.7 Å². The molecule has 0 spiro atoms. The van der Waals surface area contributed by atoms with E-state index in [0.717, 1.165) is 5.56 Å². The second-order valence-corrected chi connectivity index (χ2v) is 7.43. The van der Waals surface area contributed by atoms with Crippen molar-refractivity contribution in [2.24, 2.45) is 0 Å². The van der Waals surface area contributed by atoms with E-state index in [1.165, 1.54) is 17.2 Å². The van der Waals surface area contributed by atoms with Gasteiger partial charge in [-0.05, 0) is 56.0 Å². The third-order valence-corrected chi connectivity index (χ3v) is 4.45. The van der Waals surface area contributed by atoms with E-state index in [1.54, 1.807) is 32.1 Å². The molecule has 0 bridgehead atoms. The Morgan fingerprint density at radius 3 is 2.62 bits per heavy atom. The fraction of sp³-hybridized carbons (Fsp3) is 0.444. The monoisotopic (exact) mass is 349 g/mol. The van der Waals surface area contributed by atoms with Crippen LogP contribution in [0, 0.1) is 0 Å². The number of fused-ring (bicyclic) bond motifs is 1. The molecule has 6 heteroatoms. The van der Waals surface area contributed by atoms with E-state index in [0.29, 0.717) is 12.8 Å². The van der Waals surface area contributed by atoms with Gasteiger partial charge in [0.25, 0.3) is 0 Å². The molecule has 1 aromatic heterocycles. The number of carbonyl (C=O) groups is 2. The summed E-state index contributed by atoms with van der Waals surface area (Å²) in [5.41, 5.74) is 0.546. The molecule has 1 N–H and O–H groups in total. The molecule has 2 rings (SSSR count).